The Hall–Kier alpha value is -3.32. The van der Waals surface area contributed by atoms with Gasteiger partial charge in [-0.1, -0.05) is 66.7 Å². The second-order valence-electron chi connectivity index (χ2n) is 6.71. The van der Waals surface area contributed by atoms with Gasteiger partial charge in [0.1, 0.15) is 0 Å². The van der Waals surface area contributed by atoms with Crippen molar-refractivity contribution in [3.63, 3.8) is 0 Å². The normalized spacial score (nSPS) is 12.0. The number of benzene rings is 5. The highest BCUT2D eigenvalue weighted by Gasteiger charge is 2.11. The number of nitrogens with one attached hydrogen (secondary N) is 1. The van der Waals surface area contributed by atoms with E-state index >= 15 is 0 Å². The zero-order valence-electron chi connectivity index (χ0n) is 13.6. The number of hydrogen-bond acceptors (Lipinski definition) is 0. The van der Waals surface area contributed by atoms with Gasteiger partial charge < -0.3 is 4.98 Å². The van der Waals surface area contributed by atoms with Crippen molar-refractivity contribution in [2.75, 3.05) is 0 Å². The highest BCUT2D eigenvalue weighted by Crippen LogP contribution is 2.38. The zero-order valence-corrected chi connectivity index (χ0v) is 13.6. The van der Waals surface area contributed by atoms with Gasteiger partial charge in [0.15, 0.2) is 0 Å². The molecular formula is C24H15N. The van der Waals surface area contributed by atoms with Gasteiger partial charge in [-0.15, -0.1) is 0 Å². The third-order valence-corrected chi connectivity index (χ3v) is 5.37. The van der Waals surface area contributed by atoms with Crippen LogP contribution in [0.3, 0.4) is 0 Å². The predicted molar refractivity (Wildman–Crippen MR) is 108 cm³/mol. The van der Waals surface area contributed by atoms with Crippen LogP contribution < -0.4 is 0 Å². The molecule has 0 aliphatic carbocycles. The lowest BCUT2D eigenvalue weighted by atomic mass is 9.93. The first-order chi connectivity index (χ1) is 12.4. The Labute approximate surface area is 144 Å². The first-order valence-corrected chi connectivity index (χ1v) is 8.64. The van der Waals surface area contributed by atoms with Gasteiger partial charge in [-0.05, 0) is 50.5 Å². The third-order valence-electron chi connectivity index (χ3n) is 5.37. The van der Waals surface area contributed by atoms with Crippen molar-refractivity contribution < 1.29 is 0 Å². The number of fused-ring (bicyclic) bond motifs is 9. The number of rotatable bonds is 0. The lowest BCUT2D eigenvalue weighted by molar-refractivity contribution is 1.56. The molecule has 0 unspecified atom stereocenters. The van der Waals surface area contributed by atoms with E-state index in [2.05, 4.69) is 89.9 Å². The van der Waals surface area contributed by atoms with Gasteiger partial charge in [0, 0.05) is 21.8 Å². The molecule has 5 aromatic carbocycles. The second-order valence-corrected chi connectivity index (χ2v) is 6.71. The molecule has 6 rings (SSSR count). The standard InChI is InChI=1S/C24H15N/c1-3-9-17-15(7-1)16-8-2-4-10-18(16)21-14-24-22(13-20(17)21)19-11-5-6-12-23(19)25-24/h1-14,25H. The summed E-state index contributed by atoms with van der Waals surface area (Å²) in [5.41, 5.74) is 2.40. The molecular weight excluding hydrogens is 302 g/mol. The summed E-state index contributed by atoms with van der Waals surface area (Å²) < 4.78 is 0. The Morgan fingerprint density at radius 3 is 1.48 bits per heavy atom. The maximum atomic E-state index is 3.58. The molecule has 1 N–H and O–H groups in total. The summed E-state index contributed by atoms with van der Waals surface area (Å²) in [4.78, 5) is 3.58. The van der Waals surface area contributed by atoms with E-state index in [9.17, 15) is 0 Å². The topological polar surface area (TPSA) is 15.8 Å². The van der Waals surface area contributed by atoms with E-state index in [0.29, 0.717) is 0 Å². The molecule has 0 aliphatic heterocycles. The highest BCUT2D eigenvalue weighted by atomic mass is 14.7. The molecule has 25 heavy (non-hydrogen) atoms. The van der Waals surface area contributed by atoms with Crippen LogP contribution >= 0.6 is 0 Å². The highest BCUT2D eigenvalue weighted by molar-refractivity contribution is 6.28. The van der Waals surface area contributed by atoms with Gasteiger partial charge >= 0.3 is 0 Å². The molecule has 0 amide bonds. The fourth-order valence-electron chi connectivity index (χ4n) is 4.25. The van der Waals surface area contributed by atoms with E-state index in [-0.39, 0.29) is 0 Å². The molecule has 0 saturated carbocycles. The van der Waals surface area contributed by atoms with E-state index in [0.717, 1.165) is 0 Å². The molecule has 1 heterocycles. The van der Waals surface area contributed by atoms with Gasteiger partial charge in [0.05, 0.1) is 0 Å². The van der Waals surface area contributed by atoms with Crippen molar-refractivity contribution in [2.24, 2.45) is 0 Å². The van der Waals surface area contributed by atoms with Crippen molar-refractivity contribution in [2.45, 2.75) is 0 Å². The number of H-pyrrole nitrogens is 1. The van der Waals surface area contributed by atoms with Crippen LogP contribution in [0.25, 0.3) is 54.1 Å². The lowest BCUT2D eigenvalue weighted by Crippen LogP contribution is -1.83. The largest absolute Gasteiger partial charge is 0.354 e. The Morgan fingerprint density at radius 2 is 0.840 bits per heavy atom. The Morgan fingerprint density at radius 1 is 0.360 bits per heavy atom. The minimum atomic E-state index is 1.20. The van der Waals surface area contributed by atoms with Crippen molar-refractivity contribution in [1.29, 1.82) is 0 Å². The third kappa shape index (κ3) is 1.67. The number of aromatic amines is 1. The smallest absolute Gasteiger partial charge is 0.0471 e. The zero-order chi connectivity index (χ0) is 16.4. The molecule has 0 bridgehead atoms. The first-order valence-electron chi connectivity index (χ1n) is 8.64. The number of hydrogen-bond donors (Lipinski definition) is 1. The molecule has 0 aliphatic rings. The average molecular weight is 317 g/mol. The van der Waals surface area contributed by atoms with Crippen LogP contribution in [0.4, 0.5) is 0 Å². The molecule has 6 aromatic rings. The predicted octanol–water partition coefficient (Wildman–Crippen LogP) is 6.78. The van der Waals surface area contributed by atoms with Crippen LogP contribution in [0.15, 0.2) is 84.9 Å². The summed E-state index contributed by atoms with van der Waals surface area (Å²) in [6.45, 7) is 0. The van der Waals surface area contributed by atoms with E-state index < -0.39 is 0 Å². The summed E-state index contributed by atoms with van der Waals surface area (Å²) in [7, 11) is 0. The van der Waals surface area contributed by atoms with Gasteiger partial charge in [-0.3, -0.25) is 0 Å². The molecule has 0 fully saturated rings. The summed E-state index contributed by atoms with van der Waals surface area (Å²) in [6.07, 6.45) is 0. The van der Waals surface area contributed by atoms with Gasteiger partial charge in [0.2, 0.25) is 0 Å². The summed E-state index contributed by atoms with van der Waals surface area (Å²) in [5.74, 6) is 0. The van der Waals surface area contributed by atoms with Gasteiger partial charge in [-0.2, -0.15) is 0 Å². The van der Waals surface area contributed by atoms with E-state index in [1.54, 1.807) is 0 Å². The molecule has 0 atom stereocenters. The first kappa shape index (κ1) is 13.0. The minimum Gasteiger partial charge on any atom is -0.354 e. The maximum Gasteiger partial charge on any atom is 0.0471 e. The molecule has 116 valence electrons. The maximum absolute atomic E-state index is 3.58. The molecule has 0 spiro atoms. The Kier molecular flexibility index (Phi) is 2.40. The van der Waals surface area contributed by atoms with E-state index in [1.807, 2.05) is 0 Å². The van der Waals surface area contributed by atoms with E-state index in [4.69, 9.17) is 0 Å². The lowest BCUT2D eigenvalue weighted by Gasteiger charge is -2.10. The summed E-state index contributed by atoms with van der Waals surface area (Å²) in [5, 5.41) is 10.5. The Bertz CT molecular complexity index is 1440. The second kappa shape index (κ2) is 4.61. The number of para-hydroxylation sites is 1. The van der Waals surface area contributed by atoms with Crippen LogP contribution in [0, 0.1) is 0 Å². The summed E-state index contributed by atoms with van der Waals surface area (Å²) >= 11 is 0. The molecule has 0 saturated heterocycles. The van der Waals surface area contributed by atoms with Crippen molar-refractivity contribution >= 4 is 54.1 Å². The Balaban J connectivity index is 1.96. The molecule has 1 heteroatoms. The summed E-state index contributed by atoms with van der Waals surface area (Å²) in [6, 6.07) is 30.7. The fraction of sp³-hybridized carbons (Fsp3) is 0. The van der Waals surface area contributed by atoms with Crippen molar-refractivity contribution in [1.82, 2.24) is 4.98 Å². The van der Waals surface area contributed by atoms with Crippen molar-refractivity contribution in [3.8, 4) is 0 Å². The van der Waals surface area contributed by atoms with E-state index in [1.165, 1.54) is 54.1 Å². The average Bonchev–Trinajstić information content (AvgIpc) is 3.04. The van der Waals surface area contributed by atoms with Crippen LogP contribution in [0.2, 0.25) is 0 Å². The van der Waals surface area contributed by atoms with Gasteiger partial charge in [0.25, 0.3) is 0 Å². The van der Waals surface area contributed by atoms with Crippen LogP contribution in [-0.2, 0) is 0 Å². The molecule has 0 radical (unpaired) electrons. The minimum absolute atomic E-state index is 1.20. The molecule has 1 aromatic heterocycles. The molecule has 1 nitrogen and oxygen atoms in total. The van der Waals surface area contributed by atoms with Crippen molar-refractivity contribution in [3.05, 3.63) is 84.9 Å². The quantitative estimate of drug-likeness (QED) is 0.297. The van der Waals surface area contributed by atoms with Gasteiger partial charge in [-0.25, -0.2) is 0 Å². The van der Waals surface area contributed by atoms with Crippen LogP contribution in [-0.4, -0.2) is 4.98 Å². The fourth-order valence-corrected chi connectivity index (χ4v) is 4.25. The van der Waals surface area contributed by atoms with Crippen LogP contribution in [0.5, 0.6) is 0 Å². The number of aromatic nitrogens is 1. The SMILES string of the molecule is c1ccc2c(c1)[nH]c1cc3c4ccccc4c4ccccc4c3cc12. The monoisotopic (exact) mass is 317 g/mol. The van der Waals surface area contributed by atoms with Crippen LogP contribution in [0.1, 0.15) is 0 Å².